The number of hydrogen-bond donors (Lipinski definition) is 1. The number of hydrogen-bond acceptors (Lipinski definition) is 4. The van der Waals surface area contributed by atoms with E-state index >= 15 is 0 Å². The van der Waals surface area contributed by atoms with Gasteiger partial charge >= 0.3 is 0 Å². The highest BCUT2D eigenvalue weighted by atomic mass is 32.1. The van der Waals surface area contributed by atoms with Gasteiger partial charge in [-0.1, -0.05) is 13.8 Å². The van der Waals surface area contributed by atoms with Crippen LogP contribution in [-0.2, 0) is 6.42 Å². The summed E-state index contributed by atoms with van der Waals surface area (Å²) in [5.41, 5.74) is 0. The lowest BCUT2D eigenvalue weighted by molar-refractivity contribution is 0.509. The Bertz CT molecular complexity index is 198. The summed E-state index contributed by atoms with van der Waals surface area (Å²) in [6.07, 6.45) is 3.78. The van der Waals surface area contributed by atoms with Crippen LogP contribution in [-0.4, -0.2) is 21.9 Å². The van der Waals surface area contributed by atoms with Gasteiger partial charge in [-0.05, 0) is 24.5 Å². The SMILES string of the molecule is CCNC(CC)Cc1ncns1. The first-order valence-electron chi connectivity index (χ1n) is 4.35. The zero-order chi connectivity index (χ0) is 8.81. The lowest BCUT2D eigenvalue weighted by Gasteiger charge is -2.12. The van der Waals surface area contributed by atoms with Crippen LogP contribution in [0.15, 0.2) is 6.33 Å². The molecule has 1 unspecified atom stereocenters. The largest absolute Gasteiger partial charge is 0.314 e. The third-order valence-electron chi connectivity index (χ3n) is 1.81. The molecule has 1 N–H and O–H groups in total. The van der Waals surface area contributed by atoms with Crippen molar-refractivity contribution in [3.63, 3.8) is 0 Å². The molecule has 0 aliphatic rings. The Kier molecular flexibility index (Phi) is 4.18. The van der Waals surface area contributed by atoms with Crippen LogP contribution in [0.3, 0.4) is 0 Å². The van der Waals surface area contributed by atoms with Gasteiger partial charge in [0.1, 0.15) is 11.3 Å². The molecule has 68 valence electrons. The monoisotopic (exact) mass is 185 g/mol. The molecule has 0 spiro atoms. The quantitative estimate of drug-likeness (QED) is 0.755. The number of likely N-dealkylation sites (N-methyl/N-ethyl adjacent to an activating group) is 1. The Labute approximate surface area is 77.4 Å². The molecule has 12 heavy (non-hydrogen) atoms. The van der Waals surface area contributed by atoms with E-state index in [1.54, 1.807) is 6.33 Å². The molecule has 0 amide bonds. The van der Waals surface area contributed by atoms with Gasteiger partial charge in [-0.3, -0.25) is 0 Å². The van der Waals surface area contributed by atoms with E-state index in [4.69, 9.17) is 0 Å². The predicted octanol–water partition coefficient (Wildman–Crippen LogP) is 1.47. The van der Waals surface area contributed by atoms with Gasteiger partial charge < -0.3 is 5.32 Å². The number of aromatic nitrogens is 2. The van der Waals surface area contributed by atoms with Crippen molar-refractivity contribution in [3.8, 4) is 0 Å². The lowest BCUT2D eigenvalue weighted by Crippen LogP contribution is -2.30. The van der Waals surface area contributed by atoms with E-state index in [-0.39, 0.29) is 0 Å². The first-order chi connectivity index (χ1) is 5.86. The fourth-order valence-corrected chi connectivity index (χ4v) is 1.73. The van der Waals surface area contributed by atoms with Gasteiger partial charge in [0.2, 0.25) is 0 Å². The summed E-state index contributed by atoms with van der Waals surface area (Å²) in [6, 6.07) is 0.558. The third kappa shape index (κ3) is 2.87. The van der Waals surface area contributed by atoms with Crippen molar-refractivity contribution >= 4 is 11.5 Å². The maximum atomic E-state index is 4.15. The molecular formula is C8H15N3S. The van der Waals surface area contributed by atoms with Crippen LogP contribution in [0.25, 0.3) is 0 Å². The standard InChI is InChI=1S/C8H15N3S/c1-3-7(9-4-2)5-8-10-6-11-12-8/h6-7,9H,3-5H2,1-2H3. The topological polar surface area (TPSA) is 37.8 Å². The highest BCUT2D eigenvalue weighted by Crippen LogP contribution is 2.05. The first-order valence-corrected chi connectivity index (χ1v) is 5.13. The maximum absolute atomic E-state index is 4.15. The minimum absolute atomic E-state index is 0.558. The van der Waals surface area contributed by atoms with E-state index in [1.807, 2.05) is 0 Å². The second kappa shape index (κ2) is 5.22. The van der Waals surface area contributed by atoms with Crippen LogP contribution >= 0.6 is 11.5 Å². The second-order valence-electron chi connectivity index (χ2n) is 2.70. The predicted molar refractivity (Wildman–Crippen MR) is 51.4 cm³/mol. The summed E-state index contributed by atoms with van der Waals surface area (Å²) in [5.74, 6) is 0. The molecular weight excluding hydrogens is 170 g/mol. The molecule has 0 bridgehead atoms. The van der Waals surface area contributed by atoms with E-state index in [1.165, 1.54) is 11.5 Å². The maximum Gasteiger partial charge on any atom is 0.129 e. The number of nitrogens with one attached hydrogen (secondary N) is 1. The summed E-state index contributed by atoms with van der Waals surface area (Å²) in [5, 5.41) is 4.54. The fourth-order valence-electron chi connectivity index (χ4n) is 1.15. The Balaban J connectivity index is 2.37. The van der Waals surface area contributed by atoms with Gasteiger partial charge in [0, 0.05) is 12.5 Å². The summed E-state index contributed by atoms with van der Waals surface area (Å²) >= 11 is 1.49. The fraction of sp³-hybridized carbons (Fsp3) is 0.750. The van der Waals surface area contributed by atoms with Crippen molar-refractivity contribution in [1.82, 2.24) is 14.7 Å². The van der Waals surface area contributed by atoms with E-state index in [0.717, 1.165) is 24.4 Å². The van der Waals surface area contributed by atoms with Crippen molar-refractivity contribution in [2.75, 3.05) is 6.54 Å². The minimum atomic E-state index is 0.558. The number of rotatable bonds is 5. The molecule has 3 nitrogen and oxygen atoms in total. The van der Waals surface area contributed by atoms with Gasteiger partial charge in [-0.2, -0.15) is 4.37 Å². The van der Waals surface area contributed by atoms with Crippen molar-refractivity contribution in [3.05, 3.63) is 11.3 Å². The van der Waals surface area contributed by atoms with Gasteiger partial charge in [0.05, 0.1) is 0 Å². The van der Waals surface area contributed by atoms with Crippen LogP contribution < -0.4 is 5.32 Å². The van der Waals surface area contributed by atoms with Gasteiger partial charge in [-0.15, -0.1) is 0 Å². The molecule has 4 heteroatoms. The van der Waals surface area contributed by atoms with Crippen LogP contribution in [0.2, 0.25) is 0 Å². The van der Waals surface area contributed by atoms with E-state index in [2.05, 4.69) is 28.5 Å². The zero-order valence-corrected chi connectivity index (χ0v) is 8.40. The molecule has 0 radical (unpaired) electrons. The molecule has 0 aliphatic carbocycles. The summed E-state index contributed by atoms with van der Waals surface area (Å²) < 4.78 is 3.97. The van der Waals surface area contributed by atoms with Gasteiger partial charge in [0.25, 0.3) is 0 Å². The molecule has 0 saturated carbocycles. The lowest BCUT2D eigenvalue weighted by atomic mass is 10.1. The van der Waals surface area contributed by atoms with Gasteiger partial charge in [0.15, 0.2) is 0 Å². The van der Waals surface area contributed by atoms with Gasteiger partial charge in [-0.25, -0.2) is 4.98 Å². The Morgan fingerprint density at radius 3 is 2.92 bits per heavy atom. The molecule has 1 atom stereocenters. The molecule has 0 saturated heterocycles. The van der Waals surface area contributed by atoms with Crippen molar-refractivity contribution in [1.29, 1.82) is 0 Å². The molecule has 0 aliphatic heterocycles. The van der Waals surface area contributed by atoms with Crippen LogP contribution in [0.1, 0.15) is 25.3 Å². The highest BCUT2D eigenvalue weighted by Gasteiger charge is 2.07. The Hall–Kier alpha value is -0.480. The highest BCUT2D eigenvalue weighted by molar-refractivity contribution is 7.05. The van der Waals surface area contributed by atoms with E-state index < -0.39 is 0 Å². The Morgan fingerprint density at radius 2 is 2.42 bits per heavy atom. The molecule has 1 aromatic heterocycles. The molecule has 0 fully saturated rings. The Morgan fingerprint density at radius 1 is 1.58 bits per heavy atom. The summed E-state index contributed by atoms with van der Waals surface area (Å²) in [7, 11) is 0. The zero-order valence-electron chi connectivity index (χ0n) is 7.58. The molecule has 1 rings (SSSR count). The molecule has 1 heterocycles. The first kappa shape index (κ1) is 9.61. The molecule has 0 aromatic carbocycles. The second-order valence-corrected chi connectivity index (χ2v) is 3.57. The summed E-state index contributed by atoms with van der Waals surface area (Å²) in [6.45, 7) is 5.34. The van der Waals surface area contributed by atoms with Crippen molar-refractivity contribution < 1.29 is 0 Å². The van der Waals surface area contributed by atoms with Crippen LogP contribution in [0.4, 0.5) is 0 Å². The average molecular weight is 185 g/mol. The molecule has 1 aromatic rings. The minimum Gasteiger partial charge on any atom is -0.314 e. The van der Waals surface area contributed by atoms with Crippen LogP contribution in [0.5, 0.6) is 0 Å². The van der Waals surface area contributed by atoms with E-state index in [0.29, 0.717) is 6.04 Å². The third-order valence-corrected chi connectivity index (χ3v) is 2.50. The average Bonchev–Trinajstić information content (AvgIpc) is 2.56. The number of nitrogens with zero attached hydrogens (tertiary/aromatic N) is 2. The van der Waals surface area contributed by atoms with E-state index in [9.17, 15) is 0 Å². The summed E-state index contributed by atoms with van der Waals surface area (Å²) in [4.78, 5) is 4.15. The van der Waals surface area contributed by atoms with Crippen molar-refractivity contribution in [2.45, 2.75) is 32.7 Å². The smallest absolute Gasteiger partial charge is 0.129 e. The van der Waals surface area contributed by atoms with Crippen LogP contribution in [0, 0.1) is 0 Å². The van der Waals surface area contributed by atoms with Crippen molar-refractivity contribution in [2.24, 2.45) is 0 Å². The normalized spacial score (nSPS) is 13.2.